The predicted molar refractivity (Wildman–Crippen MR) is 76.1 cm³/mol. The number of aryl methyl sites for hydroxylation is 1. The smallest absolute Gasteiger partial charge is 0.123 e. The zero-order chi connectivity index (χ0) is 13.7. The Balaban J connectivity index is 2.21. The number of ether oxygens (including phenoxy) is 1. The third-order valence-electron chi connectivity index (χ3n) is 3.86. The third-order valence-corrected chi connectivity index (χ3v) is 3.86. The summed E-state index contributed by atoms with van der Waals surface area (Å²) in [5.74, 6) is 0.885. The summed E-state index contributed by atoms with van der Waals surface area (Å²) in [6, 6.07) is 8.41. The first-order chi connectivity index (χ1) is 9.26. The summed E-state index contributed by atoms with van der Waals surface area (Å²) < 4.78 is 5.28. The summed E-state index contributed by atoms with van der Waals surface area (Å²) in [7, 11) is 1.68. The average Bonchev–Trinajstić information content (AvgIpc) is 2.69. The molecule has 0 spiro atoms. The van der Waals surface area contributed by atoms with Gasteiger partial charge in [0, 0.05) is 0 Å². The molecule has 1 aromatic rings. The maximum atomic E-state index is 9.52. The molecule has 0 aliphatic carbocycles. The molecule has 1 atom stereocenters. The number of nitriles is 1. The molecule has 1 fully saturated rings. The van der Waals surface area contributed by atoms with Gasteiger partial charge >= 0.3 is 0 Å². The van der Waals surface area contributed by atoms with E-state index in [1.165, 1.54) is 25.7 Å². The molecule has 102 valence electrons. The van der Waals surface area contributed by atoms with Crippen molar-refractivity contribution in [3.63, 3.8) is 0 Å². The van der Waals surface area contributed by atoms with Gasteiger partial charge in [-0.3, -0.25) is 4.90 Å². The highest BCUT2D eigenvalue weighted by molar-refractivity contribution is 5.38. The van der Waals surface area contributed by atoms with Crippen LogP contribution < -0.4 is 4.74 Å². The van der Waals surface area contributed by atoms with E-state index < -0.39 is 0 Å². The Morgan fingerprint density at radius 1 is 1.21 bits per heavy atom. The van der Waals surface area contributed by atoms with Gasteiger partial charge in [0.05, 0.1) is 13.2 Å². The number of hydrogen-bond donors (Lipinski definition) is 0. The highest BCUT2D eigenvalue weighted by atomic mass is 16.5. The van der Waals surface area contributed by atoms with Crippen molar-refractivity contribution >= 4 is 0 Å². The molecule has 0 bridgehead atoms. The maximum absolute atomic E-state index is 9.52. The highest BCUT2D eigenvalue weighted by Crippen LogP contribution is 2.27. The maximum Gasteiger partial charge on any atom is 0.123 e. The zero-order valence-electron chi connectivity index (χ0n) is 11.9. The number of nitrogens with zero attached hydrogens (tertiary/aromatic N) is 2. The molecule has 0 saturated carbocycles. The van der Waals surface area contributed by atoms with Crippen LogP contribution in [0, 0.1) is 18.3 Å². The molecule has 19 heavy (non-hydrogen) atoms. The van der Waals surface area contributed by atoms with E-state index in [0.29, 0.717) is 0 Å². The Bertz CT molecular complexity index is 456. The lowest BCUT2D eigenvalue weighted by molar-refractivity contribution is 0.245. The molecule has 1 aromatic carbocycles. The third kappa shape index (κ3) is 3.27. The van der Waals surface area contributed by atoms with Gasteiger partial charge in [-0.25, -0.2) is 0 Å². The number of methoxy groups -OCH3 is 1. The van der Waals surface area contributed by atoms with E-state index in [-0.39, 0.29) is 6.04 Å². The van der Waals surface area contributed by atoms with Crippen LogP contribution in [0.5, 0.6) is 5.75 Å². The van der Waals surface area contributed by atoms with Crippen LogP contribution in [-0.4, -0.2) is 25.1 Å². The van der Waals surface area contributed by atoms with E-state index in [0.717, 1.165) is 30.0 Å². The molecule has 0 amide bonds. The van der Waals surface area contributed by atoms with Crippen molar-refractivity contribution in [2.75, 3.05) is 20.2 Å². The fraction of sp³-hybridized carbons (Fsp3) is 0.562. The van der Waals surface area contributed by atoms with Crippen molar-refractivity contribution in [1.82, 2.24) is 4.90 Å². The van der Waals surface area contributed by atoms with Gasteiger partial charge in [0.15, 0.2) is 0 Å². The Labute approximate surface area is 115 Å². The molecule has 2 rings (SSSR count). The molecule has 1 unspecified atom stereocenters. The normalized spacial score (nSPS) is 18.4. The van der Waals surface area contributed by atoms with Gasteiger partial charge in [0.2, 0.25) is 0 Å². The molecule has 0 aromatic heterocycles. The van der Waals surface area contributed by atoms with Crippen LogP contribution in [0.15, 0.2) is 18.2 Å². The lowest BCUT2D eigenvalue weighted by Gasteiger charge is -2.26. The van der Waals surface area contributed by atoms with Crippen molar-refractivity contribution in [2.24, 2.45) is 0 Å². The van der Waals surface area contributed by atoms with Crippen molar-refractivity contribution in [1.29, 1.82) is 5.26 Å². The minimum absolute atomic E-state index is 0.122. The van der Waals surface area contributed by atoms with Crippen molar-refractivity contribution in [2.45, 2.75) is 38.6 Å². The second kappa shape index (κ2) is 6.58. The number of hydrogen-bond acceptors (Lipinski definition) is 3. The van der Waals surface area contributed by atoms with E-state index in [1.807, 2.05) is 19.1 Å². The first kappa shape index (κ1) is 13.9. The molecule has 1 aliphatic rings. The topological polar surface area (TPSA) is 36.3 Å². The summed E-state index contributed by atoms with van der Waals surface area (Å²) in [5, 5.41) is 9.52. The van der Waals surface area contributed by atoms with E-state index in [4.69, 9.17) is 4.74 Å². The van der Waals surface area contributed by atoms with Crippen LogP contribution in [0.1, 0.15) is 42.9 Å². The van der Waals surface area contributed by atoms with Crippen LogP contribution in [-0.2, 0) is 0 Å². The predicted octanol–water partition coefficient (Wildman–Crippen LogP) is 3.44. The molecular weight excluding hydrogens is 236 g/mol. The highest BCUT2D eigenvalue weighted by Gasteiger charge is 2.21. The van der Waals surface area contributed by atoms with Crippen molar-refractivity contribution in [3.8, 4) is 11.8 Å². The van der Waals surface area contributed by atoms with Crippen LogP contribution in [0.2, 0.25) is 0 Å². The van der Waals surface area contributed by atoms with Crippen molar-refractivity contribution in [3.05, 3.63) is 29.3 Å². The Hall–Kier alpha value is -1.53. The second-order valence-corrected chi connectivity index (χ2v) is 5.21. The molecule has 0 N–H and O–H groups in total. The van der Waals surface area contributed by atoms with Gasteiger partial charge in [-0.05, 0) is 56.1 Å². The molecule has 1 aliphatic heterocycles. The Morgan fingerprint density at radius 2 is 1.89 bits per heavy atom. The van der Waals surface area contributed by atoms with Gasteiger partial charge in [0.25, 0.3) is 0 Å². The van der Waals surface area contributed by atoms with Crippen LogP contribution in [0.3, 0.4) is 0 Å². The fourth-order valence-electron chi connectivity index (χ4n) is 2.79. The largest absolute Gasteiger partial charge is 0.496 e. The first-order valence-electron chi connectivity index (χ1n) is 7.04. The molecule has 0 radical (unpaired) electrons. The van der Waals surface area contributed by atoms with Gasteiger partial charge in [-0.2, -0.15) is 5.26 Å². The minimum Gasteiger partial charge on any atom is -0.496 e. The summed E-state index contributed by atoms with van der Waals surface area (Å²) in [6.45, 7) is 4.09. The van der Waals surface area contributed by atoms with Gasteiger partial charge in [-0.15, -0.1) is 0 Å². The van der Waals surface area contributed by atoms with Crippen LogP contribution >= 0.6 is 0 Å². The molecule has 1 heterocycles. The van der Waals surface area contributed by atoms with Gasteiger partial charge < -0.3 is 4.74 Å². The fourth-order valence-corrected chi connectivity index (χ4v) is 2.79. The number of likely N-dealkylation sites (tertiary alicyclic amines) is 1. The molecular formula is C16H22N2O. The van der Waals surface area contributed by atoms with Gasteiger partial charge in [0.1, 0.15) is 11.8 Å². The number of rotatable bonds is 3. The quantitative estimate of drug-likeness (QED) is 0.833. The lowest BCUT2D eigenvalue weighted by atomic mass is 10.0. The van der Waals surface area contributed by atoms with E-state index in [9.17, 15) is 5.26 Å². The lowest BCUT2D eigenvalue weighted by Crippen LogP contribution is -2.29. The van der Waals surface area contributed by atoms with Gasteiger partial charge in [-0.1, -0.05) is 18.9 Å². The monoisotopic (exact) mass is 258 g/mol. The molecule has 3 heteroatoms. The minimum atomic E-state index is -0.122. The van der Waals surface area contributed by atoms with E-state index >= 15 is 0 Å². The summed E-state index contributed by atoms with van der Waals surface area (Å²) >= 11 is 0. The standard InChI is InChI=1S/C16H22N2O/c1-13-11-14(7-8-16(13)19-2)15(12-17)18-9-5-3-4-6-10-18/h7-8,11,15H,3-6,9-10H2,1-2H3. The summed E-state index contributed by atoms with van der Waals surface area (Å²) in [4.78, 5) is 2.31. The van der Waals surface area contributed by atoms with E-state index in [1.54, 1.807) is 7.11 Å². The summed E-state index contributed by atoms with van der Waals surface area (Å²) in [6.07, 6.45) is 4.98. The van der Waals surface area contributed by atoms with E-state index in [2.05, 4.69) is 17.0 Å². The summed E-state index contributed by atoms with van der Waals surface area (Å²) in [5.41, 5.74) is 2.18. The average molecular weight is 258 g/mol. The second-order valence-electron chi connectivity index (χ2n) is 5.21. The van der Waals surface area contributed by atoms with Crippen LogP contribution in [0.25, 0.3) is 0 Å². The Morgan fingerprint density at radius 3 is 2.42 bits per heavy atom. The molecule has 1 saturated heterocycles. The SMILES string of the molecule is COc1ccc(C(C#N)N2CCCCCC2)cc1C. The molecule has 3 nitrogen and oxygen atoms in total. The van der Waals surface area contributed by atoms with Crippen LogP contribution in [0.4, 0.5) is 0 Å². The Kier molecular flexibility index (Phi) is 4.81. The number of benzene rings is 1. The van der Waals surface area contributed by atoms with Crippen molar-refractivity contribution < 1.29 is 4.74 Å². The first-order valence-corrected chi connectivity index (χ1v) is 7.04. The zero-order valence-corrected chi connectivity index (χ0v) is 11.9.